The van der Waals surface area contributed by atoms with Crippen LogP contribution in [0.25, 0.3) is 0 Å². The van der Waals surface area contributed by atoms with E-state index in [-0.39, 0.29) is 11.9 Å². The number of piperidine rings is 1. The molecule has 25 heavy (non-hydrogen) atoms. The minimum Gasteiger partial charge on any atom is -0.497 e. The second-order valence-corrected chi connectivity index (χ2v) is 6.78. The van der Waals surface area contributed by atoms with E-state index >= 15 is 0 Å². The van der Waals surface area contributed by atoms with E-state index in [1.807, 2.05) is 29.2 Å². The standard InChI is InChI=1S/C20H23N3O2/c1-25-15-7-5-14(6-8-15)17-13-23(19-9-11-21-12-16(17)19)20(24)18-4-2-3-10-22-18/h2-8,10,16-17,19,21H,9,11-13H2,1H3/t16-,17-,19-/m1/s1. The van der Waals surface area contributed by atoms with Crippen LogP contribution < -0.4 is 10.1 Å². The molecule has 3 heterocycles. The first-order valence-electron chi connectivity index (χ1n) is 8.84. The highest BCUT2D eigenvalue weighted by molar-refractivity contribution is 5.92. The third-order valence-electron chi connectivity index (χ3n) is 5.49. The third kappa shape index (κ3) is 3.00. The lowest BCUT2D eigenvalue weighted by Gasteiger charge is -2.32. The Kier molecular flexibility index (Phi) is 4.40. The van der Waals surface area contributed by atoms with E-state index in [1.54, 1.807) is 19.4 Å². The number of fused-ring (bicyclic) bond motifs is 1. The van der Waals surface area contributed by atoms with Crippen molar-refractivity contribution in [1.82, 2.24) is 15.2 Å². The maximum atomic E-state index is 13.0. The van der Waals surface area contributed by atoms with Gasteiger partial charge >= 0.3 is 0 Å². The molecule has 1 aromatic heterocycles. The van der Waals surface area contributed by atoms with Crippen LogP contribution in [0.2, 0.25) is 0 Å². The van der Waals surface area contributed by atoms with Gasteiger partial charge < -0.3 is 15.0 Å². The van der Waals surface area contributed by atoms with Crippen LogP contribution in [0.5, 0.6) is 5.75 Å². The molecule has 0 aliphatic carbocycles. The number of pyridine rings is 1. The zero-order chi connectivity index (χ0) is 17.2. The fourth-order valence-corrected chi connectivity index (χ4v) is 4.22. The Balaban J connectivity index is 1.62. The van der Waals surface area contributed by atoms with Crippen molar-refractivity contribution < 1.29 is 9.53 Å². The van der Waals surface area contributed by atoms with Crippen molar-refractivity contribution in [3.8, 4) is 5.75 Å². The van der Waals surface area contributed by atoms with Gasteiger partial charge in [0.2, 0.25) is 0 Å². The maximum Gasteiger partial charge on any atom is 0.272 e. The normalized spacial score (nSPS) is 25.5. The number of nitrogens with zero attached hydrogens (tertiary/aromatic N) is 2. The summed E-state index contributed by atoms with van der Waals surface area (Å²) in [6, 6.07) is 14.1. The van der Waals surface area contributed by atoms with E-state index < -0.39 is 0 Å². The molecule has 2 fully saturated rings. The predicted octanol–water partition coefficient (Wildman–Crippen LogP) is 2.31. The molecule has 2 aliphatic rings. The number of hydrogen-bond acceptors (Lipinski definition) is 4. The summed E-state index contributed by atoms with van der Waals surface area (Å²) in [5.41, 5.74) is 1.81. The van der Waals surface area contributed by atoms with Gasteiger partial charge in [0.25, 0.3) is 5.91 Å². The molecule has 5 heteroatoms. The molecule has 3 atom stereocenters. The van der Waals surface area contributed by atoms with Crippen molar-refractivity contribution in [2.24, 2.45) is 5.92 Å². The number of methoxy groups -OCH3 is 1. The topological polar surface area (TPSA) is 54.5 Å². The number of amides is 1. The van der Waals surface area contributed by atoms with Gasteiger partial charge in [0.05, 0.1) is 7.11 Å². The van der Waals surface area contributed by atoms with Crippen LogP contribution >= 0.6 is 0 Å². The fourth-order valence-electron chi connectivity index (χ4n) is 4.22. The van der Waals surface area contributed by atoms with Gasteiger partial charge in [-0.3, -0.25) is 9.78 Å². The van der Waals surface area contributed by atoms with Gasteiger partial charge in [0.15, 0.2) is 0 Å². The lowest BCUT2D eigenvalue weighted by Crippen LogP contribution is -2.46. The van der Waals surface area contributed by atoms with Crippen LogP contribution in [-0.2, 0) is 0 Å². The van der Waals surface area contributed by atoms with E-state index in [9.17, 15) is 4.79 Å². The van der Waals surface area contributed by atoms with E-state index in [2.05, 4.69) is 22.4 Å². The first-order valence-corrected chi connectivity index (χ1v) is 8.84. The van der Waals surface area contributed by atoms with Crippen LogP contribution in [-0.4, -0.2) is 48.6 Å². The minimum absolute atomic E-state index is 0.0495. The van der Waals surface area contributed by atoms with Crippen molar-refractivity contribution in [3.63, 3.8) is 0 Å². The number of ether oxygens (including phenoxy) is 1. The van der Waals surface area contributed by atoms with E-state index in [4.69, 9.17) is 4.74 Å². The summed E-state index contributed by atoms with van der Waals surface area (Å²) in [5.74, 6) is 1.70. The SMILES string of the molecule is COc1ccc([C@H]2CN(C(=O)c3ccccn3)[C@@H]3CCNC[C@H]23)cc1. The highest BCUT2D eigenvalue weighted by Crippen LogP contribution is 2.40. The largest absolute Gasteiger partial charge is 0.497 e. The molecule has 1 N–H and O–H groups in total. The van der Waals surface area contributed by atoms with Gasteiger partial charge in [-0.25, -0.2) is 0 Å². The van der Waals surface area contributed by atoms with Crippen LogP contribution in [0.1, 0.15) is 28.4 Å². The number of hydrogen-bond donors (Lipinski definition) is 1. The number of likely N-dealkylation sites (tertiary alicyclic amines) is 1. The Labute approximate surface area is 148 Å². The Morgan fingerprint density at radius 1 is 1.24 bits per heavy atom. The predicted molar refractivity (Wildman–Crippen MR) is 95.8 cm³/mol. The van der Waals surface area contributed by atoms with Gasteiger partial charge in [-0.05, 0) is 42.8 Å². The summed E-state index contributed by atoms with van der Waals surface area (Å²) in [6.07, 6.45) is 2.68. The third-order valence-corrected chi connectivity index (χ3v) is 5.49. The molecule has 0 unspecified atom stereocenters. The van der Waals surface area contributed by atoms with E-state index in [1.165, 1.54) is 5.56 Å². The Morgan fingerprint density at radius 2 is 2.08 bits per heavy atom. The Morgan fingerprint density at radius 3 is 2.80 bits per heavy atom. The highest BCUT2D eigenvalue weighted by atomic mass is 16.5. The average Bonchev–Trinajstić information content (AvgIpc) is 3.08. The summed E-state index contributed by atoms with van der Waals surface area (Å²) in [5, 5.41) is 3.50. The number of benzene rings is 1. The smallest absolute Gasteiger partial charge is 0.272 e. The molecule has 2 saturated heterocycles. The molecule has 130 valence electrons. The first kappa shape index (κ1) is 16.1. The number of nitrogens with one attached hydrogen (secondary N) is 1. The number of rotatable bonds is 3. The lowest BCUT2D eigenvalue weighted by atomic mass is 9.82. The molecule has 1 aromatic carbocycles. The fraction of sp³-hybridized carbons (Fsp3) is 0.400. The summed E-state index contributed by atoms with van der Waals surface area (Å²) in [6.45, 7) is 2.66. The van der Waals surface area contributed by atoms with Gasteiger partial charge in [0.1, 0.15) is 11.4 Å². The monoisotopic (exact) mass is 337 g/mol. The second kappa shape index (κ2) is 6.84. The zero-order valence-electron chi connectivity index (χ0n) is 14.4. The Bertz CT molecular complexity index is 732. The number of carbonyl (C=O) groups excluding carboxylic acids is 1. The van der Waals surface area contributed by atoms with Crippen LogP contribution in [0.15, 0.2) is 48.7 Å². The lowest BCUT2D eigenvalue weighted by molar-refractivity contribution is 0.0691. The zero-order valence-corrected chi connectivity index (χ0v) is 14.4. The minimum atomic E-state index is 0.0495. The molecule has 2 aliphatic heterocycles. The van der Waals surface area contributed by atoms with Crippen molar-refractivity contribution in [1.29, 1.82) is 0 Å². The van der Waals surface area contributed by atoms with Crippen LogP contribution in [0.3, 0.4) is 0 Å². The summed E-state index contributed by atoms with van der Waals surface area (Å²) < 4.78 is 5.27. The molecular formula is C20H23N3O2. The molecular weight excluding hydrogens is 314 g/mol. The highest BCUT2D eigenvalue weighted by Gasteiger charge is 2.45. The van der Waals surface area contributed by atoms with Crippen molar-refractivity contribution in [2.75, 3.05) is 26.7 Å². The van der Waals surface area contributed by atoms with Crippen molar-refractivity contribution >= 4 is 5.91 Å². The van der Waals surface area contributed by atoms with Crippen LogP contribution in [0.4, 0.5) is 0 Å². The van der Waals surface area contributed by atoms with Gasteiger partial charge in [-0.2, -0.15) is 0 Å². The summed E-state index contributed by atoms with van der Waals surface area (Å²) >= 11 is 0. The quantitative estimate of drug-likeness (QED) is 0.934. The molecule has 0 bridgehead atoms. The van der Waals surface area contributed by atoms with E-state index in [0.717, 1.165) is 31.8 Å². The average molecular weight is 337 g/mol. The number of carbonyl (C=O) groups is 1. The molecule has 2 aromatic rings. The first-order chi connectivity index (χ1) is 12.3. The molecule has 0 radical (unpaired) electrons. The van der Waals surface area contributed by atoms with Gasteiger partial charge in [-0.15, -0.1) is 0 Å². The molecule has 0 saturated carbocycles. The Hall–Kier alpha value is -2.40. The van der Waals surface area contributed by atoms with E-state index in [0.29, 0.717) is 17.5 Å². The summed E-state index contributed by atoms with van der Waals surface area (Å²) in [7, 11) is 1.68. The van der Waals surface area contributed by atoms with Crippen molar-refractivity contribution in [2.45, 2.75) is 18.4 Å². The van der Waals surface area contributed by atoms with Crippen LogP contribution in [0, 0.1) is 5.92 Å². The molecule has 5 nitrogen and oxygen atoms in total. The maximum absolute atomic E-state index is 13.0. The van der Waals surface area contributed by atoms with Gasteiger partial charge in [0, 0.05) is 37.2 Å². The van der Waals surface area contributed by atoms with Crippen molar-refractivity contribution in [3.05, 3.63) is 59.9 Å². The molecule has 0 spiro atoms. The van der Waals surface area contributed by atoms with Gasteiger partial charge in [-0.1, -0.05) is 18.2 Å². The second-order valence-electron chi connectivity index (χ2n) is 6.78. The molecule has 4 rings (SSSR count). The molecule has 1 amide bonds. The number of aromatic nitrogens is 1. The summed E-state index contributed by atoms with van der Waals surface area (Å²) in [4.78, 5) is 19.3.